The number of pyridine rings is 1. The van der Waals surface area contributed by atoms with Gasteiger partial charge in [-0.15, -0.1) is 0 Å². The fourth-order valence-electron chi connectivity index (χ4n) is 4.92. The van der Waals surface area contributed by atoms with Crippen molar-refractivity contribution in [3.63, 3.8) is 0 Å². The second-order valence-corrected chi connectivity index (χ2v) is 11.3. The van der Waals surface area contributed by atoms with E-state index in [-0.39, 0.29) is 22.3 Å². The van der Waals surface area contributed by atoms with Crippen molar-refractivity contribution < 1.29 is 17.9 Å². The maximum atomic E-state index is 13.7. The number of para-hydroxylation sites is 1. The third-order valence-electron chi connectivity index (χ3n) is 7.04. The van der Waals surface area contributed by atoms with Crippen molar-refractivity contribution >= 4 is 38.2 Å². The molecule has 0 amide bonds. The maximum absolute atomic E-state index is 13.7. The van der Waals surface area contributed by atoms with Crippen molar-refractivity contribution in [1.29, 1.82) is 0 Å². The third kappa shape index (κ3) is 5.24. The van der Waals surface area contributed by atoms with E-state index in [9.17, 15) is 13.2 Å². The van der Waals surface area contributed by atoms with Crippen LogP contribution in [0.5, 0.6) is 5.88 Å². The van der Waals surface area contributed by atoms with Gasteiger partial charge >= 0.3 is 0 Å². The number of benzene rings is 3. The molecule has 0 unspecified atom stereocenters. The Morgan fingerprint density at radius 1 is 0.929 bits per heavy atom. The first-order valence-corrected chi connectivity index (χ1v) is 14.7. The molecule has 1 aliphatic rings. The Kier molecular flexibility index (Phi) is 7.23. The zero-order valence-electron chi connectivity index (χ0n) is 22.7. The number of aromatic nitrogens is 3. The van der Waals surface area contributed by atoms with E-state index in [1.807, 2.05) is 24.3 Å². The topological polar surface area (TPSA) is 142 Å². The zero-order valence-corrected chi connectivity index (χ0v) is 23.5. The summed E-state index contributed by atoms with van der Waals surface area (Å²) < 4.78 is 41.2. The van der Waals surface area contributed by atoms with Gasteiger partial charge in [-0.05, 0) is 60.2 Å². The highest BCUT2D eigenvalue weighted by Gasteiger charge is 2.23. The van der Waals surface area contributed by atoms with Gasteiger partial charge in [-0.3, -0.25) is 9.52 Å². The Bertz CT molecular complexity index is 1920. The SMILES string of the molecule is COc1ncc(-c2ccc3nc(N)n(-c4ccc(N5CCOCC5)cc4)c(=O)c3c2)cc1S(=O)(=O)Nc1ccccc1. The van der Waals surface area contributed by atoms with Crippen LogP contribution in [-0.4, -0.2) is 56.4 Å². The summed E-state index contributed by atoms with van der Waals surface area (Å²) in [6, 6.07) is 22.6. The van der Waals surface area contributed by atoms with Crippen molar-refractivity contribution in [2.24, 2.45) is 0 Å². The summed E-state index contributed by atoms with van der Waals surface area (Å²) in [5.41, 5.74) is 9.38. The van der Waals surface area contributed by atoms with Crippen LogP contribution in [0.15, 0.2) is 94.7 Å². The number of nitrogens with one attached hydrogen (secondary N) is 1. The van der Waals surface area contributed by atoms with Crippen molar-refractivity contribution in [3.8, 4) is 22.7 Å². The number of nitrogen functional groups attached to an aromatic ring is 1. The standard InChI is InChI=1S/C30H28N6O5S/c1-40-28-27(42(38,39)34-22-5-3-2-4-6-22)18-21(19-32-28)20-7-12-26-25(17-20)29(37)36(30(31)33-26)24-10-8-23(9-11-24)35-13-15-41-16-14-35/h2-12,17-19,34H,13-16H2,1H3,(H2,31,33). The van der Waals surface area contributed by atoms with E-state index in [1.54, 1.807) is 48.5 Å². The lowest BCUT2D eigenvalue weighted by Gasteiger charge is -2.29. The highest BCUT2D eigenvalue weighted by atomic mass is 32.2. The van der Waals surface area contributed by atoms with E-state index >= 15 is 0 Å². The van der Waals surface area contributed by atoms with E-state index in [4.69, 9.17) is 15.2 Å². The lowest BCUT2D eigenvalue weighted by atomic mass is 10.1. The van der Waals surface area contributed by atoms with Gasteiger partial charge in [-0.2, -0.15) is 0 Å². The molecule has 0 spiro atoms. The number of nitrogens with two attached hydrogens (primary N) is 1. The van der Waals surface area contributed by atoms with Gasteiger partial charge in [0.05, 0.1) is 36.9 Å². The molecule has 1 saturated heterocycles. The quantitative estimate of drug-likeness (QED) is 0.293. The lowest BCUT2D eigenvalue weighted by molar-refractivity contribution is 0.122. The van der Waals surface area contributed by atoms with Crippen molar-refractivity contribution in [1.82, 2.24) is 14.5 Å². The summed E-state index contributed by atoms with van der Waals surface area (Å²) >= 11 is 0. The molecule has 0 bridgehead atoms. The molecule has 0 atom stereocenters. The second kappa shape index (κ2) is 11.1. The van der Waals surface area contributed by atoms with Crippen LogP contribution in [-0.2, 0) is 14.8 Å². The molecular formula is C30H28N6O5S. The summed E-state index contributed by atoms with van der Waals surface area (Å²) in [7, 11) is -2.69. The number of sulfonamides is 1. The third-order valence-corrected chi connectivity index (χ3v) is 8.41. The molecule has 5 aromatic rings. The normalized spacial score (nSPS) is 13.7. The van der Waals surface area contributed by atoms with Gasteiger partial charge < -0.3 is 20.1 Å². The predicted octanol–water partition coefficient (Wildman–Crippen LogP) is 3.68. The Morgan fingerprint density at radius 2 is 1.64 bits per heavy atom. The van der Waals surface area contributed by atoms with Gasteiger partial charge in [0, 0.05) is 36.2 Å². The van der Waals surface area contributed by atoms with Crippen LogP contribution in [0, 0.1) is 0 Å². The molecule has 11 nitrogen and oxygen atoms in total. The van der Waals surface area contributed by atoms with E-state index in [2.05, 4.69) is 19.6 Å². The molecule has 1 aliphatic heterocycles. The highest BCUT2D eigenvalue weighted by Crippen LogP contribution is 2.30. The van der Waals surface area contributed by atoms with Gasteiger partial charge in [-0.1, -0.05) is 24.3 Å². The molecule has 6 rings (SSSR count). The van der Waals surface area contributed by atoms with E-state index < -0.39 is 10.0 Å². The average molecular weight is 585 g/mol. The lowest BCUT2D eigenvalue weighted by Crippen LogP contribution is -2.36. The molecule has 12 heteroatoms. The molecule has 3 heterocycles. The molecule has 0 aliphatic carbocycles. The molecule has 0 saturated carbocycles. The first kappa shape index (κ1) is 27.2. The molecule has 0 radical (unpaired) electrons. The van der Waals surface area contributed by atoms with E-state index in [0.717, 1.165) is 18.8 Å². The number of hydrogen-bond donors (Lipinski definition) is 2. The van der Waals surface area contributed by atoms with Crippen LogP contribution in [0.1, 0.15) is 0 Å². The van der Waals surface area contributed by atoms with Gasteiger partial charge in [0.15, 0.2) is 0 Å². The van der Waals surface area contributed by atoms with E-state index in [0.29, 0.717) is 46.6 Å². The largest absolute Gasteiger partial charge is 0.480 e. The number of hydrogen-bond acceptors (Lipinski definition) is 9. The minimum Gasteiger partial charge on any atom is -0.480 e. The smallest absolute Gasteiger partial charge is 0.267 e. The Morgan fingerprint density at radius 3 is 2.36 bits per heavy atom. The van der Waals surface area contributed by atoms with Crippen LogP contribution in [0.4, 0.5) is 17.3 Å². The summed E-state index contributed by atoms with van der Waals surface area (Å²) in [4.78, 5) is 24.5. The Hall–Kier alpha value is -4.94. The first-order chi connectivity index (χ1) is 20.3. The van der Waals surface area contributed by atoms with Gasteiger partial charge in [0.1, 0.15) is 4.90 Å². The first-order valence-electron chi connectivity index (χ1n) is 13.2. The second-order valence-electron chi connectivity index (χ2n) is 9.66. The fraction of sp³-hybridized carbons (Fsp3) is 0.167. The fourth-order valence-corrected chi connectivity index (χ4v) is 6.12. The molecule has 214 valence electrons. The molecule has 1 fully saturated rings. The molecule has 3 N–H and O–H groups in total. The number of rotatable bonds is 7. The van der Waals surface area contributed by atoms with Gasteiger partial charge in [0.25, 0.3) is 15.6 Å². The van der Waals surface area contributed by atoms with Crippen molar-refractivity contribution in [2.45, 2.75) is 4.90 Å². The molecule has 3 aromatic carbocycles. The van der Waals surface area contributed by atoms with Crippen LogP contribution >= 0.6 is 0 Å². The van der Waals surface area contributed by atoms with Gasteiger partial charge in [0.2, 0.25) is 11.8 Å². The maximum Gasteiger partial charge on any atom is 0.267 e. The number of fused-ring (bicyclic) bond motifs is 1. The number of methoxy groups -OCH3 is 1. The van der Waals surface area contributed by atoms with Crippen molar-refractivity contribution in [3.05, 3.63) is 95.4 Å². The average Bonchev–Trinajstić information content (AvgIpc) is 3.02. The summed E-state index contributed by atoms with van der Waals surface area (Å²) in [5.74, 6) is 0.00569. The Labute approximate surface area is 242 Å². The molecular weight excluding hydrogens is 556 g/mol. The zero-order chi connectivity index (χ0) is 29.3. The Balaban J connectivity index is 1.38. The monoisotopic (exact) mass is 584 g/mol. The van der Waals surface area contributed by atoms with Crippen LogP contribution in [0.3, 0.4) is 0 Å². The number of anilines is 3. The summed E-state index contributed by atoms with van der Waals surface area (Å²) in [5, 5.41) is 0.321. The number of nitrogens with zero attached hydrogens (tertiary/aromatic N) is 4. The minimum absolute atomic E-state index is 0.0553. The van der Waals surface area contributed by atoms with Crippen molar-refractivity contribution in [2.75, 3.05) is 48.8 Å². The van der Waals surface area contributed by atoms with Crippen LogP contribution in [0.25, 0.3) is 27.7 Å². The van der Waals surface area contributed by atoms with E-state index in [1.165, 1.54) is 23.9 Å². The van der Waals surface area contributed by atoms with Crippen LogP contribution in [0.2, 0.25) is 0 Å². The summed E-state index contributed by atoms with van der Waals surface area (Å²) in [6.45, 7) is 2.94. The molecule has 2 aromatic heterocycles. The van der Waals surface area contributed by atoms with Crippen LogP contribution < -0.4 is 25.7 Å². The highest BCUT2D eigenvalue weighted by molar-refractivity contribution is 7.92. The number of morpholine rings is 1. The molecule has 42 heavy (non-hydrogen) atoms. The summed E-state index contributed by atoms with van der Waals surface area (Å²) in [6.07, 6.45) is 1.50. The minimum atomic E-state index is -4.04. The number of ether oxygens (including phenoxy) is 2. The van der Waals surface area contributed by atoms with Gasteiger partial charge in [-0.25, -0.2) is 23.0 Å². The predicted molar refractivity (Wildman–Crippen MR) is 162 cm³/mol.